The Morgan fingerprint density at radius 2 is 2.00 bits per heavy atom. The third kappa shape index (κ3) is 3.50. The number of benzene rings is 2. The van der Waals surface area contributed by atoms with Crippen LogP contribution in [0.1, 0.15) is 21.6 Å². The summed E-state index contributed by atoms with van der Waals surface area (Å²) in [4.78, 5) is 27.1. The molecule has 0 bridgehead atoms. The summed E-state index contributed by atoms with van der Waals surface area (Å²) in [7, 11) is 1.58. The van der Waals surface area contributed by atoms with E-state index in [4.69, 9.17) is 16.3 Å². The van der Waals surface area contributed by atoms with E-state index in [0.717, 1.165) is 22.2 Å². The number of fused-ring (bicyclic) bond motifs is 1. The summed E-state index contributed by atoms with van der Waals surface area (Å²) in [5.41, 5.74) is 2.77. The third-order valence-electron chi connectivity index (χ3n) is 4.15. The van der Waals surface area contributed by atoms with Gasteiger partial charge in [-0.05, 0) is 48.9 Å². The lowest BCUT2D eigenvalue weighted by Gasteiger charge is -2.09. The number of aryl methyl sites for hydroxylation is 1. The van der Waals surface area contributed by atoms with Gasteiger partial charge in [0.2, 0.25) is 5.91 Å². The molecule has 0 aliphatic carbocycles. The molecule has 7 heteroatoms. The minimum absolute atomic E-state index is 0.0526. The van der Waals surface area contributed by atoms with Crippen molar-refractivity contribution in [2.75, 3.05) is 12.4 Å². The van der Waals surface area contributed by atoms with E-state index in [0.29, 0.717) is 10.8 Å². The number of nitrogens with one attached hydrogen (secondary N) is 2. The molecular weight excluding hydrogens is 356 g/mol. The fraction of sp³-hybridized carbons (Fsp3) is 0.158. The van der Waals surface area contributed by atoms with Gasteiger partial charge in [0.05, 0.1) is 24.8 Å². The van der Waals surface area contributed by atoms with E-state index in [1.165, 1.54) is 18.2 Å². The summed E-state index contributed by atoms with van der Waals surface area (Å²) in [5.74, 6) is -0.776. The Bertz CT molecular complexity index is 1010. The molecule has 134 valence electrons. The van der Waals surface area contributed by atoms with E-state index < -0.39 is 5.97 Å². The van der Waals surface area contributed by atoms with Gasteiger partial charge >= 0.3 is 5.97 Å². The highest BCUT2D eigenvalue weighted by Crippen LogP contribution is 2.27. The number of carbonyl (C=O) groups excluding carboxylic acids is 1. The van der Waals surface area contributed by atoms with Crippen molar-refractivity contribution < 1.29 is 19.4 Å². The van der Waals surface area contributed by atoms with Crippen LogP contribution in [-0.2, 0) is 11.2 Å². The number of carboxylic acid groups (broad SMARTS) is 1. The molecule has 0 fully saturated rings. The molecule has 1 heterocycles. The fourth-order valence-corrected chi connectivity index (χ4v) is 3.05. The number of aromatic amines is 1. The smallest absolute Gasteiger partial charge is 0.337 e. The maximum absolute atomic E-state index is 12.5. The van der Waals surface area contributed by atoms with Crippen molar-refractivity contribution in [2.45, 2.75) is 13.3 Å². The average molecular weight is 373 g/mol. The van der Waals surface area contributed by atoms with Crippen molar-refractivity contribution in [3.8, 4) is 5.75 Å². The first-order valence-electron chi connectivity index (χ1n) is 7.87. The maximum Gasteiger partial charge on any atom is 0.337 e. The Morgan fingerprint density at radius 1 is 1.23 bits per heavy atom. The molecule has 3 rings (SSSR count). The van der Waals surface area contributed by atoms with Crippen LogP contribution in [0, 0.1) is 6.92 Å². The van der Waals surface area contributed by atoms with E-state index in [1.807, 2.05) is 25.1 Å². The molecule has 0 spiro atoms. The lowest BCUT2D eigenvalue weighted by Crippen LogP contribution is -2.17. The second-order valence-corrected chi connectivity index (χ2v) is 6.30. The van der Waals surface area contributed by atoms with E-state index >= 15 is 0 Å². The van der Waals surface area contributed by atoms with Crippen LogP contribution < -0.4 is 10.1 Å². The highest BCUT2D eigenvalue weighted by Gasteiger charge is 2.16. The van der Waals surface area contributed by atoms with Gasteiger partial charge in [-0.15, -0.1) is 0 Å². The first-order chi connectivity index (χ1) is 12.4. The van der Waals surface area contributed by atoms with Crippen LogP contribution in [-0.4, -0.2) is 29.1 Å². The first-order valence-corrected chi connectivity index (χ1v) is 8.24. The molecule has 0 aliphatic rings. The number of aromatic carboxylic acids is 1. The number of hydrogen-bond acceptors (Lipinski definition) is 3. The van der Waals surface area contributed by atoms with Gasteiger partial charge in [-0.3, -0.25) is 4.79 Å². The number of methoxy groups -OCH3 is 1. The van der Waals surface area contributed by atoms with Gasteiger partial charge in [0.25, 0.3) is 0 Å². The van der Waals surface area contributed by atoms with Crippen molar-refractivity contribution >= 4 is 40.1 Å². The zero-order valence-corrected chi connectivity index (χ0v) is 15.0. The predicted molar refractivity (Wildman–Crippen MR) is 100 cm³/mol. The molecule has 6 nitrogen and oxygen atoms in total. The van der Waals surface area contributed by atoms with Crippen LogP contribution in [0.25, 0.3) is 10.9 Å². The number of anilines is 1. The Kier molecular flexibility index (Phi) is 4.86. The predicted octanol–water partition coefficient (Wildman–Crippen LogP) is 4.02. The molecule has 0 saturated heterocycles. The van der Waals surface area contributed by atoms with Gasteiger partial charge in [-0.1, -0.05) is 11.6 Å². The largest absolute Gasteiger partial charge is 0.497 e. The SMILES string of the molecule is COc1ccc2[nH]c(C)c(CC(=O)Nc3ccc(Cl)cc3C(=O)O)c2c1. The number of H-pyrrole nitrogens is 1. The number of carboxylic acids is 1. The second-order valence-electron chi connectivity index (χ2n) is 5.86. The minimum atomic E-state index is -1.16. The molecule has 0 unspecified atom stereocenters. The number of amides is 1. The summed E-state index contributed by atoms with van der Waals surface area (Å²) < 4.78 is 5.25. The Morgan fingerprint density at radius 3 is 2.69 bits per heavy atom. The Balaban J connectivity index is 1.88. The van der Waals surface area contributed by atoms with E-state index in [1.54, 1.807) is 7.11 Å². The van der Waals surface area contributed by atoms with Gasteiger partial charge in [0.15, 0.2) is 0 Å². The zero-order valence-electron chi connectivity index (χ0n) is 14.2. The van der Waals surface area contributed by atoms with Crippen LogP contribution in [0.4, 0.5) is 5.69 Å². The molecule has 3 N–H and O–H groups in total. The molecule has 0 aliphatic heterocycles. The van der Waals surface area contributed by atoms with Crippen molar-refractivity contribution in [2.24, 2.45) is 0 Å². The highest BCUT2D eigenvalue weighted by molar-refractivity contribution is 6.31. The number of ether oxygens (including phenoxy) is 1. The van der Waals surface area contributed by atoms with Gasteiger partial charge in [0, 0.05) is 21.6 Å². The number of rotatable bonds is 5. The fourth-order valence-electron chi connectivity index (χ4n) is 2.87. The van der Waals surface area contributed by atoms with Crippen molar-refractivity contribution in [1.29, 1.82) is 0 Å². The standard InChI is InChI=1S/C19H17ClN2O4/c1-10-13(14-8-12(26-2)4-6-16(14)21-10)9-18(23)22-17-5-3-11(20)7-15(17)19(24)25/h3-8,21H,9H2,1-2H3,(H,22,23)(H,24,25). The molecular formula is C19H17ClN2O4. The van der Waals surface area contributed by atoms with Gasteiger partial charge in [-0.25, -0.2) is 4.79 Å². The molecule has 3 aromatic rings. The van der Waals surface area contributed by atoms with Crippen molar-refractivity contribution in [1.82, 2.24) is 4.98 Å². The molecule has 1 amide bonds. The second kappa shape index (κ2) is 7.09. The quantitative estimate of drug-likeness (QED) is 0.630. The third-order valence-corrected chi connectivity index (χ3v) is 4.39. The number of carbonyl (C=O) groups is 2. The van der Waals surface area contributed by atoms with Crippen LogP contribution >= 0.6 is 11.6 Å². The molecule has 0 saturated carbocycles. The summed E-state index contributed by atoms with van der Waals surface area (Å²) in [5, 5.41) is 13.1. The lowest BCUT2D eigenvalue weighted by molar-refractivity contribution is -0.115. The molecule has 0 atom stereocenters. The van der Waals surface area contributed by atoms with Crippen molar-refractivity contribution in [3.05, 3.63) is 58.2 Å². The number of halogens is 1. The molecule has 0 radical (unpaired) electrons. The first kappa shape index (κ1) is 17.8. The monoisotopic (exact) mass is 372 g/mol. The Hall–Kier alpha value is -2.99. The number of hydrogen-bond donors (Lipinski definition) is 3. The normalized spacial score (nSPS) is 10.7. The summed E-state index contributed by atoms with van der Waals surface area (Å²) in [6, 6.07) is 9.92. The summed E-state index contributed by atoms with van der Waals surface area (Å²) >= 11 is 5.84. The van der Waals surface area contributed by atoms with Crippen LogP contribution in [0.5, 0.6) is 5.75 Å². The topological polar surface area (TPSA) is 91.4 Å². The van der Waals surface area contributed by atoms with E-state index in [9.17, 15) is 14.7 Å². The van der Waals surface area contributed by atoms with Gasteiger partial charge in [-0.2, -0.15) is 0 Å². The van der Waals surface area contributed by atoms with Gasteiger partial charge < -0.3 is 20.1 Å². The summed E-state index contributed by atoms with van der Waals surface area (Å²) in [6.45, 7) is 1.89. The van der Waals surface area contributed by atoms with E-state index in [2.05, 4.69) is 10.3 Å². The zero-order chi connectivity index (χ0) is 18.8. The van der Waals surface area contributed by atoms with E-state index in [-0.39, 0.29) is 23.6 Å². The van der Waals surface area contributed by atoms with Crippen LogP contribution in [0.3, 0.4) is 0 Å². The Labute approximate surface area is 154 Å². The average Bonchev–Trinajstić information content (AvgIpc) is 2.91. The van der Waals surface area contributed by atoms with Crippen LogP contribution in [0.2, 0.25) is 5.02 Å². The minimum Gasteiger partial charge on any atom is -0.497 e. The highest BCUT2D eigenvalue weighted by atomic mass is 35.5. The van der Waals surface area contributed by atoms with Crippen LogP contribution in [0.15, 0.2) is 36.4 Å². The molecule has 26 heavy (non-hydrogen) atoms. The van der Waals surface area contributed by atoms with Crippen molar-refractivity contribution in [3.63, 3.8) is 0 Å². The lowest BCUT2D eigenvalue weighted by atomic mass is 10.1. The molecule has 1 aromatic heterocycles. The number of aromatic nitrogens is 1. The molecule has 2 aromatic carbocycles. The van der Waals surface area contributed by atoms with Gasteiger partial charge in [0.1, 0.15) is 5.75 Å². The summed E-state index contributed by atoms with van der Waals surface area (Å²) in [6.07, 6.45) is 0.0979. The maximum atomic E-state index is 12.5.